The van der Waals surface area contributed by atoms with Gasteiger partial charge in [-0.05, 0) is 6.92 Å². The molecule has 3 fully saturated rings. The lowest BCUT2D eigenvalue weighted by Crippen LogP contribution is -2.61. The van der Waals surface area contributed by atoms with Crippen LogP contribution in [0.5, 0.6) is 0 Å². The van der Waals surface area contributed by atoms with Gasteiger partial charge in [0.2, 0.25) is 5.79 Å². The van der Waals surface area contributed by atoms with Crippen molar-refractivity contribution in [2.75, 3.05) is 6.54 Å². The molecule has 3 rings (SSSR count). The van der Waals surface area contributed by atoms with Gasteiger partial charge in [0.1, 0.15) is 0 Å². The summed E-state index contributed by atoms with van der Waals surface area (Å²) in [6.07, 6.45) is 0. The largest absolute Gasteiger partial charge is 0.362 e. The molecule has 3 atom stereocenters. The Balaban J connectivity index is 2.33. The molecule has 3 saturated heterocycles. The third-order valence-corrected chi connectivity index (χ3v) is 2.78. The second-order valence-corrected chi connectivity index (χ2v) is 3.92. The minimum atomic E-state index is -0.882. The molecule has 3 heterocycles. The first-order valence-electron chi connectivity index (χ1n) is 3.65. The Morgan fingerprint density at radius 2 is 2.20 bits per heavy atom. The summed E-state index contributed by atoms with van der Waals surface area (Å²) < 4.78 is 0. The van der Waals surface area contributed by atoms with Crippen molar-refractivity contribution in [2.24, 2.45) is 5.41 Å². The zero-order chi connectivity index (χ0) is 7.57. The van der Waals surface area contributed by atoms with Gasteiger partial charge in [0.25, 0.3) is 0 Å². The van der Waals surface area contributed by atoms with Crippen LogP contribution < -0.4 is 0 Å². The van der Waals surface area contributed by atoms with Crippen LogP contribution in [0, 0.1) is 5.41 Å². The SMILES string of the molecule is CC1N2CC(C)(C)C1(O)O2. The molecule has 0 aromatic heterocycles. The van der Waals surface area contributed by atoms with Gasteiger partial charge in [0.05, 0.1) is 6.04 Å². The second kappa shape index (κ2) is 1.40. The molecule has 0 aliphatic carbocycles. The maximum Gasteiger partial charge on any atom is 0.209 e. The number of fused-ring (bicyclic) bond motifs is 1. The van der Waals surface area contributed by atoms with E-state index in [2.05, 4.69) is 0 Å². The van der Waals surface area contributed by atoms with Crippen LogP contribution in [0.15, 0.2) is 0 Å². The summed E-state index contributed by atoms with van der Waals surface area (Å²) in [5.74, 6) is -0.882. The normalized spacial score (nSPS) is 56.4. The minimum absolute atomic E-state index is 0.105. The average molecular weight is 143 g/mol. The Kier molecular flexibility index (Phi) is 0.918. The van der Waals surface area contributed by atoms with Gasteiger partial charge < -0.3 is 5.11 Å². The summed E-state index contributed by atoms with van der Waals surface area (Å²) in [4.78, 5) is 5.15. The second-order valence-electron chi connectivity index (χ2n) is 3.92. The lowest BCUT2D eigenvalue weighted by Gasteiger charge is -2.45. The van der Waals surface area contributed by atoms with Crippen molar-refractivity contribution in [1.29, 1.82) is 0 Å². The lowest BCUT2D eigenvalue weighted by molar-refractivity contribution is -0.427. The van der Waals surface area contributed by atoms with E-state index in [1.54, 1.807) is 0 Å². The first-order valence-corrected chi connectivity index (χ1v) is 3.65. The van der Waals surface area contributed by atoms with Crippen LogP contribution in [-0.2, 0) is 4.84 Å². The summed E-state index contributed by atoms with van der Waals surface area (Å²) in [7, 11) is 0. The molecular formula is C7H13NO2. The third kappa shape index (κ3) is 0.447. The molecule has 3 aliphatic rings. The van der Waals surface area contributed by atoms with E-state index in [1.165, 1.54) is 0 Å². The van der Waals surface area contributed by atoms with Crippen LogP contribution in [0.25, 0.3) is 0 Å². The summed E-state index contributed by atoms with van der Waals surface area (Å²) in [5, 5.41) is 11.6. The van der Waals surface area contributed by atoms with E-state index in [0.717, 1.165) is 6.54 Å². The molecule has 3 nitrogen and oxygen atoms in total. The van der Waals surface area contributed by atoms with E-state index in [1.807, 2.05) is 25.8 Å². The fraction of sp³-hybridized carbons (Fsp3) is 1.00. The Hall–Kier alpha value is -0.120. The molecule has 0 aromatic rings. The van der Waals surface area contributed by atoms with Crippen LogP contribution in [0.1, 0.15) is 20.8 Å². The van der Waals surface area contributed by atoms with Crippen LogP contribution >= 0.6 is 0 Å². The molecule has 0 radical (unpaired) electrons. The molecule has 2 bridgehead atoms. The number of rotatable bonds is 0. The molecule has 58 valence electrons. The van der Waals surface area contributed by atoms with Crippen molar-refractivity contribution in [2.45, 2.75) is 32.6 Å². The highest BCUT2D eigenvalue weighted by Crippen LogP contribution is 2.52. The predicted molar refractivity (Wildman–Crippen MR) is 36.0 cm³/mol. The Morgan fingerprint density at radius 3 is 2.30 bits per heavy atom. The van der Waals surface area contributed by atoms with Crippen LogP contribution in [0.2, 0.25) is 0 Å². The zero-order valence-corrected chi connectivity index (χ0v) is 6.59. The van der Waals surface area contributed by atoms with E-state index in [-0.39, 0.29) is 11.5 Å². The van der Waals surface area contributed by atoms with Crippen LogP contribution in [0.4, 0.5) is 0 Å². The molecule has 3 aliphatic heterocycles. The first-order chi connectivity index (χ1) is 4.47. The van der Waals surface area contributed by atoms with Gasteiger partial charge in [0.15, 0.2) is 0 Å². The Bertz CT molecular complexity index is 180. The third-order valence-electron chi connectivity index (χ3n) is 2.78. The summed E-state index contributed by atoms with van der Waals surface area (Å²) >= 11 is 0. The molecule has 0 aromatic carbocycles. The summed E-state index contributed by atoms with van der Waals surface area (Å²) in [5.41, 5.74) is -0.105. The number of hydrogen-bond acceptors (Lipinski definition) is 3. The van der Waals surface area contributed by atoms with Crippen LogP contribution in [-0.4, -0.2) is 28.5 Å². The van der Waals surface area contributed by atoms with Gasteiger partial charge in [-0.1, -0.05) is 13.8 Å². The maximum atomic E-state index is 9.79. The fourth-order valence-corrected chi connectivity index (χ4v) is 1.84. The number of aliphatic hydroxyl groups is 1. The average Bonchev–Trinajstić information content (AvgIpc) is 2.14. The Labute approximate surface area is 60.5 Å². The van der Waals surface area contributed by atoms with E-state index >= 15 is 0 Å². The van der Waals surface area contributed by atoms with E-state index < -0.39 is 5.79 Å². The first kappa shape index (κ1) is 6.58. The molecule has 0 amide bonds. The smallest absolute Gasteiger partial charge is 0.209 e. The lowest BCUT2D eigenvalue weighted by atomic mass is 9.84. The number of hydrogen-bond donors (Lipinski definition) is 1. The van der Waals surface area contributed by atoms with E-state index in [0.29, 0.717) is 0 Å². The van der Waals surface area contributed by atoms with Gasteiger partial charge in [-0.2, -0.15) is 5.06 Å². The topological polar surface area (TPSA) is 32.7 Å². The van der Waals surface area contributed by atoms with Gasteiger partial charge in [-0.15, -0.1) is 0 Å². The zero-order valence-electron chi connectivity index (χ0n) is 6.59. The predicted octanol–water partition coefficient (Wildman–Crippen LogP) is 0.350. The molecule has 10 heavy (non-hydrogen) atoms. The van der Waals surface area contributed by atoms with Crippen LogP contribution in [0.3, 0.4) is 0 Å². The Morgan fingerprint density at radius 1 is 1.60 bits per heavy atom. The van der Waals surface area contributed by atoms with Crippen molar-refractivity contribution < 1.29 is 9.94 Å². The molecule has 3 heteroatoms. The quantitative estimate of drug-likeness (QED) is 0.531. The minimum Gasteiger partial charge on any atom is -0.362 e. The molecular weight excluding hydrogens is 130 g/mol. The maximum absolute atomic E-state index is 9.79. The van der Waals surface area contributed by atoms with E-state index in [4.69, 9.17) is 4.84 Å². The fourth-order valence-electron chi connectivity index (χ4n) is 1.84. The van der Waals surface area contributed by atoms with Crippen molar-refractivity contribution in [1.82, 2.24) is 5.06 Å². The standard InChI is InChI=1S/C7H13NO2/c1-5-7(9)6(2,3)4-8(5)10-7/h5,9H,4H2,1-3H3. The number of nitrogens with zero attached hydrogens (tertiary/aromatic N) is 1. The van der Waals surface area contributed by atoms with Crippen molar-refractivity contribution in [3.63, 3.8) is 0 Å². The van der Waals surface area contributed by atoms with Gasteiger partial charge in [-0.25, -0.2) is 0 Å². The molecule has 3 unspecified atom stereocenters. The van der Waals surface area contributed by atoms with Gasteiger partial charge in [-0.3, -0.25) is 4.84 Å². The summed E-state index contributed by atoms with van der Waals surface area (Å²) in [6.45, 7) is 6.87. The highest BCUT2D eigenvalue weighted by Gasteiger charge is 2.68. The van der Waals surface area contributed by atoms with Crippen molar-refractivity contribution in [3.05, 3.63) is 0 Å². The number of hydroxylamine groups is 2. The monoisotopic (exact) mass is 143 g/mol. The van der Waals surface area contributed by atoms with Crippen molar-refractivity contribution in [3.8, 4) is 0 Å². The molecule has 0 spiro atoms. The highest BCUT2D eigenvalue weighted by atomic mass is 16.8. The van der Waals surface area contributed by atoms with Crippen molar-refractivity contribution >= 4 is 0 Å². The molecule has 0 saturated carbocycles. The van der Waals surface area contributed by atoms with E-state index in [9.17, 15) is 5.11 Å². The van der Waals surface area contributed by atoms with Gasteiger partial charge >= 0.3 is 0 Å². The van der Waals surface area contributed by atoms with Gasteiger partial charge in [0, 0.05) is 12.0 Å². The highest BCUT2D eigenvalue weighted by molar-refractivity contribution is 5.06. The molecule has 1 N–H and O–H groups in total. The summed E-state index contributed by atoms with van der Waals surface area (Å²) in [6, 6.07) is 0.169.